The Hall–Kier alpha value is -2.96. The van der Waals surface area contributed by atoms with E-state index in [-0.39, 0.29) is 6.04 Å². The Labute approximate surface area is 199 Å². The number of ether oxygens (including phenoxy) is 1. The maximum atomic E-state index is 9.98. The van der Waals surface area contributed by atoms with Gasteiger partial charge in [-0.05, 0) is 43.0 Å². The summed E-state index contributed by atoms with van der Waals surface area (Å²) in [6, 6.07) is 9.68. The predicted molar refractivity (Wildman–Crippen MR) is 128 cm³/mol. The van der Waals surface area contributed by atoms with Gasteiger partial charge in [0.15, 0.2) is 5.76 Å². The molecule has 0 radical (unpaired) electrons. The number of methoxy groups -OCH3 is 1. The number of piperidine rings is 1. The summed E-state index contributed by atoms with van der Waals surface area (Å²) in [6.45, 7) is 6.09. The first kappa shape index (κ1) is 22.8. The molecule has 1 aromatic carbocycles. The first-order chi connectivity index (χ1) is 16.6. The average Bonchev–Trinajstić information content (AvgIpc) is 3.35. The molecular weight excluding hydrogens is 430 g/mol. The van der Waals surface area contributed by atoms with Gasteiger partial charge in [0, 0.05) is 68.8 Å². The number of imidazole rings is 1. The second-order valence-corrected chi connectivity index (χ2v) is 9.19. The van der Waals surface area contributed by atoms with Crippen molar-refractivity contribution in [2.24, 2.45) is 23.5 Å². The Morgan fingerprint density at radius 1 is 1.26 bits per heavy atom. The summed E-state index contributed by atoms with van der Waals surface area (Å²) in [5.74, 6) is 10.0. The number of hydrogen-bond donors (Lipinski definition) is 2. The van der Waals surface area contributed by atoms with Crippen LogP contribution >= 0.6 is 0 Å². The number of likely N-dealkylation sites (tertiary alicyclic amines) is 1. The van der Waals surface area contributed by atoms with Crippen molar-refractivity contribution in [2.75, 3.05) is 39.9 Å². The van der Waals surface area contributed by atoms with Crippen molar-refractivity contribution in [3.8, 4) is 23.2 Å². The molecule has 2 fully saturated rings. The molecule has 34 heavy (non-hydrogen) atoms. The lowest BCUT2D eigenvalue weighted by Crippen LogP contribution is -2.27. The standard InChI is InChI=1S/C26H31N5O3/c1-17(32)26-28-9-10-31(26)24(14-27)23-13-25(34-29-23)19-6-3-18(4-7-19)5-8-20-21-15-30(11-12-33-2)16-22(20)21/h3-4,6-7,9-10,13,17,20-22,24,32H,11-12,14-16,27H2,1-2H3/t17-,20?,21-,22+,24+/m0/s1. The van der Waals surface area contributed by atoms with Crippen LogP contribution in [0.3, 0.4) is 0 Å². The Morgan fingerprint density at radius 3 is 2.71 bits per heavy atom. The molecule has 0 spiro atoms. The average molecular weight is 462 g/mol. The fourth-order valence-corrected chi connectivity index (χ4v) is 4.99. The zero-order chi connectivity index (χ0) is 23.7. The van der Waals surface area contributed by atoms with Gasteiger partial charge in [0.1, 0.15) is 17.6 Å². The summed E-state index contributed by atoms with van der Waals surface area (Å²) >= 11 is 0. The molecule has 1 unspecified atom stereocenters. The van der Waals surface area contributed by atoms with Gasteiger partial charge >= 0.3 is 0 Å². The minimum atomic E-state index is -0.700. The van der Waals surface area contributed by atoms with Gasteiger partial charge < -0.3 is 29.6 Å². The number of rotatable bonds is 8. The highest BCUT2D eigenvalue weighted by molar-refractivity contribution is 5.59. The first-order valence-electron chi connectivity index (χ1n) is 11.8. The highest BCUT2D eigenvalue weighted by Crippen LogP contribution is 2.51. The maximum Gasteiger partial charge on any atom is 0.167 e. The summed E-state index contributed by atoms with van der Waals surface area (Å²) in [5, 5.41) is 14.2. The van der Waals surface area contributed by atoms with Crippen molar-refractivity contribution in [3.63, 3.8) is 0 Å². The number of hydrogen-bond acceptors (Lipinski definition) is 7. The number of nitrogens with two attached hydrogens (primary N) is 1. The molecule has 3 N–H and O–H groups in total. The number of fused-ring (bicyclic) bond motifs is 1. The number of aliphatic hydroxyl groups excluding tert-OH is 1. The number of aliphatic hydroxyl groups is 1. The predicted octanol–water partition coefficient (Wildman–Crippen LogP) is 2.32. The van der Waals surface area contributed by atoms with Crippen molar-refractivity contribution in [1.82, 2.24) is 19.6 Å². The molecule has 8 heteroatoms. The summed E-state index contributed by atoms with van der Waals surface area (Å²) in [6.07, 6.45) is 2.75. The van der Waals surface area contributed by atoms with Gasteiger partial charge in [-0.2, -0.15) is 0 Å². The minimum Gasteiger partial charge on any atom is -0.385 e. The number of benzene rings is 1. The zero-order valence-corrected chi connectivity index (χ0v) is 19.6. The molecular formula is C26H31N5O3. The lowest BCUT2D eigenvalue weighted by Gasteiger charge is -2.17. The Kier molecular flexibility index (Phi) is 6.53. The smallest absolute Gasteiger partial charge is 0.167 e. The minimum absolute atomic E-state index is 0.266. The van der Waals surface area contributed by atoms with Crippen LogP contribution in [0.25, 0.3) is 11.3 Å². The van der Waals surface area contributed by atoms with Crippen LogP contribution in [-0.4, -0.2) is 64.6 Å². The second kappa shape index (κ2) is 9.72. The summed E-state index contributed by atoms with van der Waals surface area (Å²) in [4.78, 5) is 6.71. The third-order valence-electron chi connectivity index (χ3n) is 6.93. The SMILES string of the molecule is COCCN1C[C@@H]2C(C#Cc3ccc(-c4cc([C@@H](CN)n5ccnc5[C@H](C)O)no4)cc3)[C@@H]2C1. The molecule has 2 aromatic heterocycles. The van der Waals surface area contributed by atoms with Crippen LogP contribution in [0.15, 0.2) is 47.2 Å². The number of nitrogens with zero attached hydrogens (tertiary/aromatic N) is 4. The highest BCUT2D eigenvalue weighted by Gasteiger charge is 2.54. The maximum absolute atomic E-state index is 9.98. The topological polar surface area (TPSA) is 103 Å². The van der Waals surface area contributed by atoms with E-state index in [0.29, 0.717) is 29.7 Å². The lowest BCUT2D eigenvalue weighted by atomic mass is 10.1. The van der Waals surface area contributed by atoms with Crippen LogP contribution < -0.4 is 5.73 Å². The van der Waals surface area contributed by atoms with Crippen LogP contribution in [-0.2, 0) is 4.74 Å². The summed E-state index contributed by atoms with van der Waals surface area (Å²) in [5.41, 5.74) is 8.65. The van der Waals surface area contributed by atoms with Gasteiger partial charge in [-0.1, -0.05) is 17.0 Å². The molecule has 178 valence electrons. The Balaban J connectivity index is 1.23. The number of aromatic nitrogens is 3. The van der Waals surface area contributed by atoms with Gasteiger partial charge in [0.05, 0.1) is 12.6 Å². The fourth-order valence-electron chi connectivity index (χ4n) is 4.99. The molecule has 3 aromatic rings. The van der Waals surface area contributed by atoms with Gasteiger partial charge in [-0.15, -0.1) is 0 Å². The van der Waals surface area contributed by atoms with Crippen LogP contribution in [0.5, 0.6) is 0 Å². The van der Waals surface area contributed by atoms with Gasteiger partial charge in [0.25, 0.3) is 0 Å². The first-order valence-corrected chi connectivity index (χ1v) is 11.8. The van der Waals surface area contributed by atoms with Crippen molar-refractivity contribution < 1.29 is 14.4 Å². The largest absolute Gasteiger partial charge is 0.385 e. The lowest BCUT2D eigenvalue weighted by molar-refractivity contribution is 0.153. The van der Waals surface area contributed by atoms with E-state index in [4.69, 9.17) is 15.0 Å². The monoisotopic (exact) mass is 461 g/mol. The molecule has 8 nitrogen and oxygen atoms in total. The van der Waals surface area contributed by atoms with E-state index < -0.39 is 6.10 Å². The van der Waals surface area contributed by atoms with Gasteiger partial charge in [-0.3, -0.25) is 0 Å². The molecule has 2 aliphatic rings. The van der Waals surface area contributed by atoms with Crippen LogP contribution in [0.1, 0.15) is 36.2 Å². The Morgan fingerprint density at radius 2 is 2.03 bits per heavy atom. The molecule has 1 aliphatic heterocycles. The van der Waals surface area contributed by atoms with E-state index >= 15 is 0 Å². The van der Waals surface area contributed by atoms with Gasteiger partial charge in [0.2, 0.25) is 0 Å². The quantitative estimate of drug-likeness (QED) is 0.496. The molecule has 1 aliphatic carbocycles. The third kappa shape index (κ3) is 4.52. The van der Waals surface area contributed by atoms with E-state index in [0.717, 1.165) is 49.2 Å². The third-order valence-corrected chi connectivity index (χ3v) is 6.93. The van der Waals surface area contributed by atoms with Crippen molar-refractivity contribution >= 4 is 0 Å². The molecule has 1 saturated heterocycles. The van der Waals surface area contributed by atoms with E-state index in [9.17, 15) is 5.11 Å². The Bertz CT molecular complexity index is 1160. The van der Waals surface area contributed by atoms with Crippen molar-refractivity contribution in [3.05, 3.63) is 59.8 Å². The van der Waals surface area contributed by atoms with Crippen LogP contribution in [0, 0.1) is 29.6 Å². The molecule has 1 saturated carbocycles. The molecule has 5 atom stereocenters. The molecule has 0 bridgehead atoms. The summed E-state index contributed by atoms with van der Waals surface area (Å²) in [7, 11) is 1.75. The van der Waals surface area contributed by atoms with Crippen molar-refractivity contribution in [1.29, 1.82) is 0 Å². The molecule has 5 rings (SSSR count). The molecule has 0 amide bonds. The van der Waals surface area contributed by atoms with E-state index in [1.165, 1.54) is 0 Å². The zero-order valence-electron chi connectivity index (χ0n) is 19.6. The summed E-state index contributed by atoms with van der Waals surface area (Å²) < 4.78 is 12.6. The van der Waals surface area contributed by atoms with Gasteiger partial charge in [-0.25, -0.2) is 4.98 Å². The van der Waals surface area contributed by atoms with Crippen LogP contribution in [0.2, 0.25) is 0 Å². The highest BCUT2D eigenvalue weighted by atomic mass is 16.5. The van der Waals surface area contributed by atoms with E-state index in [2.05, 4.69) is 26.9 Å². The van der Waals surface area contributed by atoms with E-state index in [1.807, 2.05) is 34.9 Å². The van der Waals surface area contributed by atoms with E-state index in [1.54, 1.807) is 26.4 Å². The molecule has 3 heterocycles. The van der Waals surface area contributed by atoms with Crippen LogP contribution in [0.4, 0.5) is 0 Å². The normalized spacial score (nSPS) is 23.2. The van der Waals surface area contributed by atoms with Crippen molar-refractivity contribution in [2.45, 2.75) is 19.1 Å². The fraction of sp³-hybridized carbons (Fsp3) is 0.462. The second-order valence-electron chi connectivity index (χ2n) is 9.19.